The molecular formula is C15H16N2. The predicted octanol–water partition coefficient (Wildman–Crippen LogP) is 2.52. The molecule has 0 saturated carbocycles. The second-order valence-electron chi connectivity index (χ2n) is 5.06. The molecule has 86 valence electrons. The highest BCUT2D eigenvalue weighted by atomic mass is 15.3. The molecule has 2 aliphatic heterocycles. The average molecular weight is 224 g/mol. The van der Waals surface area contributed by atoms with Gasteiger partial charge in [-0.3, -0.25) is 5.32 Å². The van der Waals surface area contributed by atoms with Gasteiger partial charge in [-0.1, -0.05) is 30.3 Å². The molecule has 0 aromatic heterocycles. The number of nitrogens with one attached hydrogen (secondary N) is 1. The minimum Gasteiger partial charge on any atom is -0.354 e. The molecule has 2 aliphatic rings. The van der Waals surface area contributed by atoms with Crippen LogP contribution in [0.2, 0.25) is 0 Å². The van der Waals surface area contributed by atoms with Crippen LogP contribution in [0.25, 0.3) is 10.8 Å². The number of hydrogen-bond acceptors (Lipinski definition) is 2. The second-order valence-corrected chi connectivity index (χ2v) is 5.06. The molecular weight excluding hydrogens is 208 g/mol. The van der Waals surface area contributed by atoms with Crippen molar-refractivity contribution in [1.82, 2.24) is 5.32 Å². The summed E-state index contributed by atoms with van der Waals surface area (Å²) < 4.78 is 0. The Morgan fingerprint density at radius 2 is 2.06 bits per heavy atom. The highest BCUT2D eigenvalue weighted by Gasteiger charge is 2.30. The summed E-state index contributed by atoms with van der Waals surface area (Å²) in [5.41, 5.74) is 2.99. The zero-order chi connectivity index (χ0) is 11.2. The van der Waals surface area contributed by atoms with Gasteiger partial charge in [-0.2, -0.15) is 0 Å². The summed E-state index contributed by atoms with van der Waals surface area (Å²) in [4.78, 5) is 2.53. The van der Waals surface area contributed by atoms with Gasteiger partial charge in [0.25, 0.3) is 0 Å². The van der Waals surface area contributed by atoms with Gasteiger partial charge in [0.05, 0.1) is 6.67 Å². The minimum absolute atomic E-state index is 0.712. The maximum absolute atomic E-state index is 3.48. The molecule has 17 heavy (non-hydrogen) atoms. The fraction of sp³-hybridized carbons (Fsp3) is 0.333. The number of hydrogen-bond donors (Lipinski definition) is 1. The molecule has 1 saturated heterocycles. The van der Waals surface area contributed by atoms with E-state index >= 15 is 0 Å². The monoisotopic (exact) mass is 224 g/mol. The Bertz CT molecular complexity index is 576. The van der Waals surface area contributed by atoms with E-state index in [1.54, 1.807) is 5.56 Å². The van der Waals surface area contributed by atoms with Gasteiger partial charge in [-0.25, -0.2) is 0 Å². The third kappa shape index (κ3) is 1.31. The summed E-state index contributed by atoms with van der Waals surface area (Å²) in [6, 6.07) is 14.0. The Morgan fingerprint density at radius 3 is 3.06 bits per heavy atom. The van der Waals surface area contributed by atoms with Crippen molar-refractivity contribution >= 4 is 16.5 Å². The Labute approximate surface area is 101 Å². The molecule has 0 bridgehead atoms. The standard InChI is InChI=1S/C15H16N2/c1-2-4-13-11(3-1)5-8-15-14(13)7-6-12-9-16-10-17(12)15/h1-5,8,12,16H,6-7,9-10H2. The second kappa shape index (κ2) is 3.47. The van der Waals surface area contributed by atoms with Gasteiger partial charge in [0, 0.05) is 18.3 Å². The van der Waals surface area contributed by atoms with Crippen LogP contribution in [-0.2, 0) is 6.42 Å². The van der Waals surface area contributed by atoms with E-state index in [0.717, 1.165) is 13.2 Å². The van der Waals surface area contributed by atoms with Crippen LogP contribution in [0.3, 0.4) is 0 Å². The Hall–Kier alpha value is -1.54. The topological polar surface area (TPSA) is 15.3 Å². The summed E-state index contributed by atoms with van der Waals surface area (Å²) in [6.07, 6.45) is 2.51. The molecule has 0 amide bonds. The van der Waals surface area contributed by atoms with Crippen molar-refractivity contribution in [2.24, 2.45) is 0 Å². The SMILES string of the molecule is c1ccc2c3c(ccc2c1)N1CNCC1CC3. The molecule has 2 heterocycles. The average Bonchev–Trinajstić information content (AvgIpc) is 2.86. The van der Waals surface area contributed by atoms with E-state index in [1.807, 2.05) is 0 Å². The number of nitrogens with zero attached hydrogens (tertiary/aromatic N) is 1. The molecule has 1 unspecified atom stereocenters. The molecule has 1 fully saturated rings. The van der Waals surface area contributed by atoms with E-state index in [1.165, 1.54) is 29.3 Å². The fourth-order valence-electron chi connectivity index (χ4n) is 3.30. The zero-order valence-corrected chi connectivity index (χ0v) is 9.82. The quantitative estimate of drug-likeness (QED) is 0.739. The van der Waals surface area contributed by atoms with Gasteiger partial charge in [-0.05, 0) is 35.2 Å². The van der Waals surface area contributed by atoms with Crippen LogP contribution >= 0.6 is 0 Å². The van der Waals surface area contributed by atoms with Crippen molar-refractivity contribution in [3.05, 3.63) is 42.0 Å². The van der Waals surface area contributed by atoms with E-state index in [0.29, 0.717) is 6.04 Å². The van der Waals surface area contributed by atoms with Gasteiger partial charge in [0.1, 0.15) is 0 Å². The van der Waals surface area contributed by atoms with E-state index < -0.39 is 0 Å². The number of rotatable bonds is 0. The van der Waals surface area contributed by atoms with Crippen LogP contribution in [0.5, 0.6) is 0 Å². The van der Waals surface area contributed by atoms with Gasteiger partial charge in [0.2, 0.25) is 0 Å². The van der Waals surface area contributed by atoms with Crippen molar-refractivity contribution in [2.75, 3.05) is 18.1 Å². The van der Waals surface area contributed by atoms with Crippen LogP contribution < -0.4 is 10.2 Å². The number of aryl methyl sites for hydroxylation is 1. The molecule has 2 aromatic rings. The molecule has 2 nitrogen and oxygen atoms in total. The first-order valence-electron chi connectivity index (χ1n) is 6.41. The van der Waals surface area contributed by atoms with Crippen molar-refractivity contribution in [2.45, 2.75) is 18.9 Å². The molecule has 0 radical (unpaired) electrons. The summed E-state index contributed by atoms with van der Waals surface area (Å²) in [6.45, 7) is 2.16. The lowest BCUT2D eigenvalue weighted by atomic mass is 9.92. The van der Waals surface area contributed by atoms with Gasteiger partial charge in [0.15, 0.2) is 0 Å². The van der Waals surface area contributed by atoms with Crippen LogP contribution in [0.1, 0.15) is 12.0 Å². The maximum Gasteiger partial charge on any atom is 0.0686 e. The van der Waals surface area contributed by atoms with Crippen molar-refractivity contribution < 1.29 is 0 Å². The lowest BCUT2D eigenvalue weighted by molar-refractivity contribution is 0.611. The highest BCUT2D eigenvalue weighted by Crippen LogP contribution is 2.36. The van der Waals surface area contributed by atoms with Gasteiger partial charge < -0.3 is 4.90 Å². The molecule has 1 N–H and O–H groups in total. The first kappa shape index (κ1) is 9.49. The largest absolute Gasteiger partial charge is 0.354 e. The third-order valence-electron chi connectivity index (χ3n) is 4.16. The highest BCUT2D eigenvalue weighted by molar-refractivity contribution is 5.91. The lowest BCUT2D eigenvalue weighted by Crippen LogP contribution is -2.35. The Kier molecular flexibility index (Phi) is 1.94. The molecule has 1 atom stereocenters. The van der Waals surface area contributed by atoms with Crippen molar-refractivity contribution in [3.8, 4) is 0 Å². The van der Waals surface area contributed by atoms with Crippen LogP contribution in [0.15, 0.2) is 36.4 Å². The van der Waals surface area contributed by atoms with Crippen LogP contribution in [0, 0.1) is 0 Å². The number of benzene rings is 2. The van der Waals surface area contributed by atoms with Gasteiger partial charge in [-0.15, -0.1) is 0 Å². The van der Waals surface area contributed by atoms with E-state index in [9.17, 15) is 0 Å². The Morgan fingerprint density at radius 1 is 1.12 bits per heavy atom. The molecule has 0 aliphatic carbocycles. The third-order valence-corrected chi connectivity index (χ3v) is 4.16. The summed E-state index contributed by atoms with van der Waals surface area (Å²) >= 11 is 0. The fourth-order valence-corrected chi connectivity index (χ4v) is 3.30. The molecule has 2 aromatic carbocycles. The van der Waals surface area contributed by atoms with E-state index in [2.05, 4.69) is 46.6 Å². The Balaban J connectivity index is 1.97. The first-order valence-corrected chi connectivity index (χ1v) is 6.41. The minimum atomic E-state index is 0.712. The lowest BCUT2D eigenvalue weighted by Gasteiger charge is -2.33. The summed E-state index contributed by atoms with van der Waals surface area (Å²) in [7, 11) is 0. The van der Waals surface area contributed by atoms with Crippen LogP contribution in [-0.4, -0.2) is 19.3 Å². The molecule has 0 spiro atoms. The number of anilines is 1. The maximum atomic E-state index is 3.48. The van der Waals surface area contributed by atoms with Crippen LogP contribution in [0.4, 0.5) is 5.69 Å². The summed E-state index contributed by atoms with van der Waals surface area (Å²) in [5, 5.41) is 6.29. The predicted molar refractivity (Wildman–Crippen MR) is 71.4 cm³/mol. The normalized spacial score (nSPS) is 22.6. The molecule has 2 heteroatoms. The smallest absolute Gasteiger partial charge is 0.0686 e. The molecule has 4 rings (SSSR count). The van der Waals surface area contributed by atoms with Crippen molar-refractivity contribution in [1.29, 1.82) is 0 Å². The van der Waals surface area contributed by atoms with Gasteiger partial charge >= 0.3 is 0 Å². The number of fused-ring (bicyclic) bond motifs is 5. The van der Waals surface area contributed by atoms with Crippen molar-refractivity contribution in [3.63, 3.8) is 0 Å². The van der Waals surface area contributed by atoms with E-state index in [-0.39, 0.29) is 0 Å². The summed E-state index contributed by atoms with van der Waals surface area (Å²) in [5.74, 6) is 0. The zero-order valence-electron chi connectivity index (χ0n) is 9.82. The first-order chi connectivity index (χ1) is 8.43. The van der Waals surface area contributed by atoms with E-state index in [4.69, 9.17) is 0 Å².